The number of benzene rings is 2. The van der Waals surface area contributed by atoms with Crippen molar-refractivity contribution in [3.05, 3.63) is 65.7 Å². The number of anilines is 1. The van der Waals surface area contributed by atoms with Gasteiger partial charge in [0.1, 0.15) is 0 Å². The smallest absolute Gasteiger partial charge is 0.0710 e. The van der Waals surface area contributed by atoms with Crippen LogP contribution in [0.1, 0.15) is 17.2 Å². The van der Waals surface area contributed by atoms with Crippen molar-refractivity contribution in [3.63, 3.8) is 0 Å². The molecule has 0 aliphatic heterocycles. The van der Waals surface area contributed by atoms with Crippen LogP contribution in [0.5, 0.6) is 0 Å². The fourth-order valence-electron chi connectivity index (χ4n) is 2.00. The monoisotopic (exact) mass is 241 g/mol. The average molecular weight is 241 g/mol. The standard InChI is InChI=1S/C15H19N3/c1-18(2)14-10-8-13(9-11-14)15(17-16)12-6-4-3-5-7-12/h3-11,15,17H,16H2,1-2H3/t15-/m0/s1. The van der Waals surface area contributed by atoms with E-state index < -0.39 is 0 Å². The number of nitrogens with two attached hydrogens (primary N) is 1. The predicted octanol–water partition coefficient (Wildman–Crippen LogP) is 2.31. The van der Waals surface area contributed by atoms with E-state index in [4.69, 9.17) is 5.84 Å². The molecular weight excluding hydrogens is 222 g/mol. The molecule has 3 heteroatoms. The van der Waals surface area contributed by atoms with E-state index in [0.29, 0.717) is 0 Å². The summed E-state index contributed by atoms with van der Waals surface area (Å²) in [5, 5.41) is 0. The van der Waals surface area contributed by atoms with E-state index in [1.165, 1.54) is 5.69 Å². The summed E-state index contributed by atoms with van der Waals surface area (Å²) in [4.78, 5) is 2.08. The Morgan fingerprint density at radius 1 is 0.889 bits per heavy atom. The lowest BCUT2D eigenvalue weighted by atomic mass is 9.99. The Kier molecular flexibility index (Phi) is 3.97. The molecule has 0 saturated carbocycles. The highest BCUT2D eigenvalue weighted by atomic mass is 15.2. The molecule has 0 spiro atoms. The summed E-state index contributed by atoms with van der Waals surface area (Å²) >= 11 is 0. The van der Waals surface area contributed by atoms with E-state index in [9.17, 15) is 0 Å². The number of rotatable bonds is 4. The Bertz CT molecular complexity index is 477. The second-order valence-corrected chi connectivity index (χ2v) is 4.50. The molecule has 0 bridgehead atoms. The van der Waals surface area contributed by atoms with Gasteiger partial charge in [0.15, 0.2) is 0 Å². The van der Waals surface area contributed by atoms with Gasteiger partial charge in [-0.1, -0.05) is 42.5 Å². The third-order valence-electron chi connectivity index (χ3n) is 3.04. The molecule has 3 nitrogen and oxygen atoms in total. The molecule has 0 unspecified atom stereocenters. The Hall–Kier alpha value is -1.84. The van der Waals surface area contributed by atoms with Gasteiger partial charge in [0.2, 0.25) is 0 Å². The quantitative estimate of drug-likeness (QED) is 0.637. The van der Waals surface area contributed by atoms with Crippen LogP contribution in [0, 0.1) is 0 Å². The van der Waals surface area contributed by atoms with Crippen molar-refractivity contribution in [2.24, 2.45) is 5.84 Å². The lowest BCUT2D eigenvalue weighted by molar-refractivity contribution is 0.637. The zero-order valence-electron chi connectivity index (χ0n) is 10.8. The average Bonchev–Trinajstić information content (AvgIpc) is 2.41. The van der Waals surface area contributed by atoms with Gasteiger partial charge >= 0.3 is 0 Å². The van der Waals surface area contributed by atoms with Gasteiger partial charge in [-0.15, -0.1) is 0 Å². The molecular formula is C15H19N3. The summed E-state index contributed by atoms with van der Waals surface area (Å²) < 4.78 is 0. The largest absolute Gasteiger partial charge is 0.378 e. The maximum Gasteiger partial charge on any atom is 0.0710 e. The second-order valence-electron chi connectivity index (χ2n) is 4.50. The summed E-state index contributed by atoms with van der Waals surface area (Å²) in [7, 11) is 4.07. The third-order valence-corrected chi connectivity index (χ3v) is 3.04. The molecule has 0 amide bonds. The maximum absolute atomic E-state index is 5.67. The van der Waals surface area contributed by atoms with Gasteiger partial charge in [-0.25, -0.2) is 5.43 Å². The van der Waals surface area contributed by atoms with Gasteiger partial charge in [-0.05, 0) is 23.3 Å². The van der Waals surface area contributed by atoms with Gasteiger partial charge in [-0.2, -0.15) is 0 Å². The fourth-order valence-corrected chi connectivity index (χ4v) is 2.00. The summed E-state index contributed by atoms with van der Waals surface area (Å²) in [6, 6.07) is 18.6. The Labute approximate surface area is 108 Å². The van der Waals surface area contributed by atoms with Crippen LogP contribution < -0.4 is 16.2 Å². The summed E-state index contributed by atoms with van der Waals surface area (Å²) in [6.07, 6.45) is 0. The van der Waals surface area contributed by atoms with Crippen LogP contribution >= 0.6 is 0 Å². The lowest BCUT2D eigenvalue weighted by Crippen LogP contribution is -2.28. The Morgan fingerprint density at radius 2 is 1.44 bits per heavy atom. The van der Waals surface area contributed by atoms with E-state index in [-0.39, 0.29) is 6.04 Å². The van der Waals surface area contributed by atoms with Crippen LogP contribution in [0.4, 0.5) is 5.69 Å². The van der Waals surface area contributed by atoms with Gasteiger partial charge < -0.3 is 4.90 Å². The molecule has 0 radical (unpaired) electrons. The van der Waals surface area contributed by atoms with E-state index in [1.807, 2.05) is 32.3 Å². The first-order valence-corrected chi connectivity index (χ1v) is 6.00. The van der Waals surface area contributed by atoms with E-state index in [1.54, 1.807) is 0 Å². The van der Waals surface area contributed by atoms with Crippen molar-refractivity contribution < 1.29 is 0 Å². The fraction of sp³-hybridized carbons (Fsp3) is 0.200. The minimum Gasteiger partial charge on any atom is -0.378 e. The molecule has 0 aliphatic carbocycles. The van der Waals surface area contributed by atoms with Crippen molar-refractivity contribution >= 4 is 5.69 Å². The number of hydrogen-bond donors (Lipinski definition) is 2. The zero-order chi connectivity index (χ0) is 13.0. The highest BCUT2D eigenvalue weighted by molar-refractivity contribution is 5.47. The molecule has 0 aromatic heterocycles. The van der Waals surface area contributed by atoms with E-state index >= 15 is 0 Å². The Morgan fingerprint density at radius 3 is 1.94 bits per heavy atom. The summed E-state index contributed by atoms with van der Waals surface area (Å²) in [6.45, 7) is 0. The first kappa shape index (κ1) is 12.6. The first-order chi connectivity index (χ1) is 8.72. The SMILES string of the molecule is CN(C)c1ccc([C@@H](NN)c2ccccc2)cc1. The molecule has 0 fully saturated rings. The summed E-state index contributed by atoms with van der Waals surface area (Å²) in [5.74, 6) is 5.67. The molecule has 2 aromatic carbocycles. The zero-order valence-corrected chi connectivity index (χ0v) is 10.8. The van der Waals surface area contributed by atoms with Gasteiger partial charge in [0, 0.05) is 19.8 Å². The third kappa shape index (κ3) is 2.70. The minimum atomic E-state index is 0.0300. The van der Waals surface area contributed by atoms with Gasteiger partial charge in [-0.3, -0.25) is 5.84 Å². The van der Waals surface area contributed by atoms with Gasteiger partial charge in [0.25, 0.3) is 0 Å². The maximum atomic E-state index is 5.67. The van der Waals surface area contributed by atoms with Crippen LogP contribution in [0.3, 0.4) is 0 Å². The van der Waals surface area contributed by atoms with Gasteiger partial charge in [0.05, 0.1) is 6.04 Å². The number of nitrogens with one attached hydrogen (secondary N) is 1. The predicted molar refractivity (Wildman–Crippen MR) is 76.4 cm³/mol. The molecule has 2 aromatic rings. The molecule has 94 valence electrons. The normalized spacial score (nSPS) is 12.2. The lowest BCUT2D eigenvalue weighted by Gasteiger charge is -2.18. The van der Waals surface area contributed by atoms with Crippen LogP contribution in [0.25, 0.3) is 0 Å². The van der Waals surface area contributed by atoms with Crippen LogP contribution in [0.15, 0.2) is 54.6 Å². The van der Waals surface area contributed by atoms with Crippen molar-refractivity contribution in [1.29, 1.82) is 0 Å². The van der Waals surface area contributed by atoms with E-state index in [2.05, 4.69) is 46.7 Å². The minimum absolute atomic E-state index is 0.0300. The van der Waals surface area contributed by atoms with Crippen LogP contribution in [0.2, 0.25) is 0 Å². The topological polar surface area (TPSA) is 41.3 Å². The van der Waals surface area contributed by atoms with Crippen LogP contribution in [-0.2, 0) is 0 Å². The van der Waals surface area contributed by atoms with Crippen LogP contribution in [-0.4, -0.2) is 14.1 Å². The molecule has 0 aliphatic rings. The van der Waals surface area contributed by atoms with Crippen molar-refractivity contribution in [2.45, 2.75) is 6.04 Å². The second kappa shape index (κ2) is 5.67. The molecule has 3 N–H and O–H groups in total. The molecule has 0 saturated heterocycles. The first-order valence-electron chi connectivity index (χ1n) is 6.00. The molecule has 1 atom stereocenters. The van der Waals surface area contributed by atoms with Crippen molar-refractivity contribution in [1.82, 2.24) is 5.43 Å². The Balaban J connectivity index is 2.28. The van der Waals surface area contributed by atoms with Crippen molar-refractivity contribution in [2.75, 3.05) is 19.0 Å². The highest BCUT2D eigenvalue weighted by Gasteiger charge is 2.11. The number of nitrogens with zero attached hydrogens (tertiary/aromatic N) is 1. The summed E-state index contributed by atoms with van der Waals surface area (Å²) in [5.41, 5.74) is 6.38. The van der Waals surface area contributed by atoms with E-state index in [0.717, 1.165) is 11.1 Å². The number of hydrogen-bond acceptors (Lipinski definition) is 3. The molecule has 18 heavy (non-hydrogen) atoms. The highest BCUT2D eigenvalue weighted by Crippen LogP contribution is 2.23. The molecule has 2 rings (SSSR count). The van der Waals surface area contributed by atoms with Crippen molar-refractivity contribution in [3.8, 4) is 0 Å². The number of hydrazine groups is 1. The molecule has 0 heterocycles.